The normalized spacial score (nSPS) is 15.4. The minimum Gasteiger partial charge on any atom is -0.490 e. The summed E-state index contributed by atoms with van der Waals surface area (Å²) in [6.45, 7) is 3.74. The van der Waals surface area contributed by atoms with Crippen LogP contribution in [0.1, 0.15) is 36.8 Å². The highest BCUT2D eigenvalue weighted by Crippen LogP contribution is 2.29. The smallest absolute Gasteiger partial charge is 0.318 e. The van der Waals surface area contributed by atoms with Gasteiger partial charge in [-0.05, 0) is 67.7 Å². The monoisotopic (exact) mass is 571 g/mol. The molecule has 8 nitrogen and oxygen atoms in total. The third-order valence-electron chi connectivity index (χ3n) is 7.74. The Bertz CT molecular complexity index is 1490. The molecule has 1 saturated heterocycles. The topological polar surface area (TPSA) is 89.7 Å². The lowest BCUT2D eigenvalue weighted by atomic mass is 9.92. The molecule has 42 heavy (non-hydrogen) atoms. The lowest BCUT2D eigenvalue weighted by Crippen LogP contribution is -2.53. The van der Waals surface area contributed by atoms with Crippen molar-refractivity contribution in [1.82, 2.24) is 20.1 Å². The number of ether oxygens (including phenoxy) is 1. The average Bonchev–Trinajstić information content (AvgIpc) is 3.42. The predicted molar refractivity (Wildman–Crippen MR) is 163 cm³/mol. The van der Waals surface area contributed by atoms with Gasteiger partial charge in [0.25, 0.3) is 0 Å². The Morgan fingerprint density at radius 3 is 2.40 bits per heavy atom. The first-order valence-corrected chi connectivity index (χ1v) is 14.3. The molecule has 5 rings (SSSR count). The first-order valence-electron chi connectivity index (χ1n) is 14.3. The number of nitrogens with zero attached hydrogens (tertiary/aromatic N) is 2. The number of fused-ring (bicyclic) bond motifs is 1. The number of hydrogen-bond acceptors (Lipinski definition) is 4. The quantitative estimate of drug-likeness (QED) is 0.239. The van der Waals surface area contributed by atoms with Crippen LogP contribution in [0.3, 0.4) is 0 Å². The van der Waals surface area contributed by atoms with Gasteiger partial charge in [-0.3, -0.25) is 4.79 Å². The number of para-hydroxylation sites is 1. The minimum absolute atomic E-state index is 0.0702. The summed E-state index contributed by atoms with van der Waals surface area (Å²) in [5, 5.41) is 7.07. The second-order valence-corrected chi connectivity index (χ2v) is 11.2. The number of likely N-dealkylation sites (tertiary alicyclic amines) is 1. The number of aromatic amines is 1. The molecule has 3 N–H and O–H groups in total. The van der Waals surface area contributed by atoms with Crippen molar-refractivity contribution >= 4 is 28.5 Å². The van der Waals surface area contributed by atoms with Crippen LogP contribution in [0.5, 0.6) is 5.75 Å². The Morgan fingerprint density at radius 2 is 1.71 bits per heavy atom. The fourth-order valence-electron chi connectivity index (χ4n) is 5.45. The predicted octanol–water partition coefficient (Wildman–Crippen LogP) is 5.73. The molecule has 1 aliphatic heterocycles. The van der Waals surface area contributed by atoms with E-state index in [1.807, 2.05) is 75.7 Å². The van der Waals surface area contributed by atoms with Crippen molar-refractivity contribution in [3.8, 4) is 5.75 Å². The van der Waals surface area contributed by atoms with Gasteiger partial charge in [0.2, 0.25) is 5.91 Å². The number of urea groups is 1. The van der Waals surface area contributed by atoms with E-state index in [0.29, 0.717) is 37.4 Å². The molecule has 3 amide bonds. The van der Waals surface area contributed by atoms with E-state index in [9.17, 15) is 14.0 Å². The summed E-state index contributed by atoms with van der Waals surface area (Å²) < 4.78 is 19.2. The molecule has 1 aliphatic rings. The Kier molecular flexibility index (Phi) is 9.07. The number of carbonyl (C=O) groups excluding carboxylic acids is 2. The molecule has 0 saturated carbocycles. The van der Waals surface area contributed by atoms with Gasteiger partial charge in [0.15, 0.2) is 0 Å². The number of halogens is 1. The lowest BCUT2D eigenvalue weighted by molar-refractivity contribution is -0.118. The summed E-state index contributed by atoms with van der Waals surface area (Å²) in [4.78, 5) is 34.3. The maximum Gasteiger partial charge on any atom is 0.318 e. The van der Waals surface area contributed by atoms with Crippen molar-refractivity contribution in [2.24, 2.45) is 0 Å². The molecule has 1 fully saturated rings. The summed E-state index contributed by atoms with van der Waals surface area (Å²) in [7, 11) is 4.02. The number of hydrogen-bond donors (Lipinski definition) is 3. The van der Waals surface area contributed by atoms with Crippen molar-refractivity contribution in [2.75, 3.05) is 32.5 Å². The van der Waals surface area contributed by atoms with Gasteiger partial charge in [0.1, 0.15) is 23.7 Å². The number of anilines is 1. The van der Waals surface area contributed by atoms with Crippen LogP contribution in [0.25, 0.3) is 10.9 Å². The van der Waals surface area contributed by atoms with Gasteiger partial charge < -0.3 is 30.2 Å². The number of aromatic nitrogens is 1. The molecular formula is C33H38FN5O3. The molecular weight excluding hydrogens is 533 g/mol. The summed E-state index contributed by atoms with van der Waals surface area (Å²) in [6, 6.07) is 20.6. The van der Waals surface area contributed by atoms with Crippen LogP contribution in [0.2, 0.25) is 0 Å². The van der Waals surface area contributed by atoms with E-state index >= 15 is 0 Å². The number of rotatable bonds is 9. The molecule has 220 valence electrons. The van der Waals surface area contributed by atoms with Crippen LogP contribution in [-0.2, 0) is 11.3 Å². The van der Waals surface area contributed by atoms with Gasteiger partial charge in [0, 0.05) is 61.2 Å². The number of H-pyrrole nitrogens is 1. The molecule has 4 aromatic rings. The number of piperidine rings is 1. The molecule has 0 bridgehead atoms. The zero-order valence-electron chi connectivity index (χ0n) is 24.3. The lowest BCUT2D eigenvalue weighted by Gasteiger charge is -2.34. The van der Waals surface area contributed by atoms with Gasteiger partial charge in [-0.25, -0.2) is 9.18 Å². The largest absolute Gasteiger partial charge is 0.490 e. The third kappa shape index (κ3) is 7.09. The average molecular weight is 572 g/mol. The maximum absolute atomic E-state index is 13.7. The van der Waals surface area contributed by atoms with Crippen molar-refractivity contribution in [3.63, 3.8) is 0 Å². The Morgan fingerprint density at radius 1 is 1.02 bits per heavy atom. The summed E-state index contributed by atoms with van der Waals surface area (Å²) in [5.41, 5.74) is 3.75. The van der Waals surface area contributed by atoms with E-state index < -0.39 is 6.04 Å². The summed E-state index contributed by atoms with van der Waals surface area (Å²) in [6.07, 6.45) is 3.12. The van der Waals surface area contributed by atoms with E-state index in [1.54, 1.807) is 17.0 Å². The van der Waals surface area contributed by atoms with Gasteiger partial charge >= 0.3 is 6.03 Å². The van der Waals surface area contributed by atoms with Gasteiger partial charge in [-0.2, -0.15) is 0 Å². The van der Waals surface area contributed by atoms with Crippen molar-refractivity contribution in [3.05, 3.63) is 95.9 Å². The number of carbonyl (C=O) groups is 2. The molecule has 1 aromatic heterocycles. The Labute approximate surface area is 245 Å². The second kappa shape index (κ2) is 13.1. The number of amides is 3. The molecule has 2 atom stereocenters. The van der Waals surface area contributed by atoms with Crippen LogP contribution in [0, 0.1) is 5.82 Å². The highest BCUT2D eigenvalue weighted by molar-refractivity contribution is 5.98. The highest BCUT2D eigenvalue weighted by atomic mass is 19.1. The van der Waals surface area contributed by atoms with Crippen molar-refractivity contribution in [1.29, 1.82) is 0 Å². The molecule has 0 spiro atoms. The summed E-state index contributed by atoms with van der Waals surface area (Å²) in [5.74, 6) is -0.289. The van der Waals surface area contributed by atoms with Gasteiger partial charge in [-0.1, -0.05) is 37.3 Å². The van der Waals surface area contributed by atoms with E-state index in [-0.39, 0.29) is 29.8 Å². The third-order valence-corrected chi connectivity index (χ3v) is 7.74. The standard InChI is InChI=1S/C33H38FN5O3/c1-22(29-20-35-30-7-5-4-6-28(29)30)31(32(40)36-25-12-8-23(9-13-25)21-38(2)3)37-33(41)39-18-16-27(17-19-39)42-26-14-10-24(34)11-15-26/h4-15,20,22,27,31,35H,16-19,21H2,1-3H3,(H,36,40)(H,37,41). The van der Waals surface area contributed by atoms with Gasteiger partial charge in [0.05, 0.1) is 0 Å². The highest BCUT2D eigenvalue weighted by Gasteiger charge is 2.32. The second-order valence-electron chi connectivity index (χ2n) is 11.2. The van der Waals surface area contributed by atoms with Crippen LogP contribution in [0.4, 0.5) is 14.9 Å². The molecule has 2 unspecified atom stereocenters. The fourth-order valence-corrected chi connectivity index (χ4v) is 5.45. The Hall–Kier alpha value is -4.37. The summed E-state index contributed by atoms with van der Waals surface area (Å²) >= 11 is 0. The number of benzene rings is 3. The SMILES string of the molecule is CC(c1c[nH]c2ccccc12)C(NC(=O)N1CCC(Oc2ccc(F)cc2)CC1)C(=O)Nc1ccc(CN(C)C)cc1. The minimum atomic E-state index is -0.814. The molecule has 2 heterocycles. The van der Waals surface area contributed by atoms with E-state index in [0.717, 1.165) is 28.6 Å². The zero-order chi connectivity index (χ0) is 29.6. The number of nitrogens with one attached hydrogen (secondary N) is 3. The molecule has 0 radical (unpaired) electrons. The van der Waals surface area contributed by atoms with E-state index in [2.05, 4.69) is 20.5 Å². The molecule has 9 heteroatoms. The fraction of sp³-hybridized carbons (Fsp3) is 0.333. The van der Waals surface area contributed by atoms with E-state index in [1.165, 1.54) is 12.1 Å². The van der Waals surface area contributed by atoms with Gasteiger partial charge in [-0.15, -0.1) is 0 Å². The van der Waals surface area contributed by atoms with Crippen molar-refractivity contribution in [2.45, 2.75) is 44.4 Å². The molecule has 3 aromatic carbocycles. The molecule has 0 aliphatic carbocycles. The van der Waals surface area contributed by atoms with Crippen molar-refractivity contribution < 1.29 is 18.7 Å². The zero-order valence-corrected chi connectivity index (χ0v) is 24.3. The maximum atomic E-state index is 13.7. The van der Waals surface area contributed by atoms with Crippen LogP contribution in [0.15, 0.2) is 79.0 Å². The first kappa shape index (κ1) is 29.1. The van der Waals surface area contributed by atoms with Crippen LogP contribution in [-0.4, -0.2) is 66.1 Å². The Balaban J connectivity index is 1.28. The first-order chi connectivity index (χ1) is 20.3. The van der Waals surface area contributed by atoms with Crippen LogP contribution < -0.4 is 15.4 Å². The van der Waals surface area contributed by atoms with E-state index in [4.69, 9.17) is 4.74 Å². The van der Waals surface area contributed by atoms with Crippen LogP contribution >= 0.6 is 0 Å².